The Hall–Kier alpha value is -1.45. The fraction of sp³-hybridized carbons (Fsp3) is 0.438. The van der Waals surface area contributed by atoms with E-state index in [2.05, 4.69) is 36.1 Å². The van der Waals surface area contributed by atoms with Gasteiger partial charge in [-0.1, -0.05) is 37.6 Å². The van der Waals surface area contributed by atoms with Gasteiger partial charge in [0.25, 0.3) is 0 Å². The van der Waals surface area contributed by atoms with E-state index in [4.69, 9.17) is 10.7 Å². The molecule has 0 fully saturated rings. The molecule has 0 amide bonds. The summed E-state index contributed by atoms with van der Waals surface area (Å²) < 4.78 is 0. The maximum Gasteiger partial charge on any atom is 0.0705 e. The summed E-state index contributed by atoms with van der Waals surface area (Å²) in [6.45, 7) is 5.85. The van der Waals surface area contributed by atoms with Crippen LogP contribution in [0.25, 0.3) is 10.9 Å². The number of benzene rings is 1. The van der Waals surface area contributed by atoms with E-state index in [0.717, 1.165) is 30.8 Å². The zero-order chi connectivity index (χ0) is 13.5. The number of hydrogen-bond acceptors (Lipinski definition) is 3. The number of nitrogens with zero attached hydrogens (tertiary/aromatic N) is 2. The number of para-hydroxylation sites is 1. The second kappa shape index (κ2) is 7.22. The molecule has 1 aromatic heterocycles. The number of rotatable bonds is 7. The van der Waals surface area contributed by atoms with Crippen molar-refractivity contribution in [1.82, 2.24) is 9.88 Å². The topological polar surface area (TPSA) is 42.1 Å². The average molecular weight is 257 g/mol. The zero-order valence-electron chi connectivity index (χ0n) is 11.7. The van der Waals surface area contributed by atoms with Gasteiger partial charge in [0.15, 0.2) is 0 Å². The lowest BCUT2D eigenvalue weighted by molar-refractivity contribution is 0.266. The molecule has 3 nitrogen and oxygen atoms in total. The number of fused-ring (bicyclic) bond motifs is 1. The first-order valence-electron chi connectivity index (χ1n) is 7.10. The van der Waals surface area contributed by atoms with Crippen LogP contribution < -0.4 is 5.73 Å². The molecule has 0 aliphatic carbocycles. The van der Waals surface area contributed by atoms with Crippen molar-refractivity contribution >= 4 is 10.9 Å². The maximum atomic E-state index is 5.68. The maximum absolute atomic E-state index is 5.68. The van der Waals surface area contributed by atoms with Crippen LogP contribution in [0.5, 0.6) is 0 Å². The van der Waals surface area contributed by atoms with Gasteiger partial charge in [0.2, 0.25) is 0 Å². The second-order valence-corrected chi connectivity index (χ2v) is 4.91. The minimum atomic E-state index is 0.706. The Bertz CT molecular complexity index is 510. The first kappa shape index (κ1) is 14.0. The van der Waals surface area contributed by atoms with Gasteiger partial charge in [0, 0.05) is 25.0 Å². The van der Waals surface area contributed by atoms with Crippen molar-refractivity contribution < 1.29 is 0 Å². The van der Waals surface area contributed by atoms with Gasteiger partial charge in [-0.15, -0.1) is 0 Å². The number of aromatic nitrogens is 1. The quantitative estimate of drug-likeness (QED) is 0.829. The van der Waals surface area contributed by atoms with Crippen molar-refractivity contribution in [1.29, 1.82) is 0 Å². The van der Waals surface area contributed by atoms with E-state index in [9.17, 15) is 0 Å². The van der Waals surface area contributed by atoms with Gasteiger partial charge >= 0.3 is 0 Å². The Morgan fingerprint density at radius 2 is 1.95 bits per heavy atom. The van der Waals surface area contributed by atoms with E-state index in [1.54, 1.807) is 0 Å². The van der Waals surface area contributed by atoms with E-state index >= 15 is 0 Å². The molecule has 1 aromatic carbocycles. The fourth-order valence-corrected chi connectivity index (χ4v) is 2.26. The highest BCUT2D eigenvalue weighted by Crippen LogP contribution is 2.13. The average Bonchev–Trinajstić information content (AvgIpc) is 2.45. The molecule has 0 atom stereocenters. The molecular weight excluding hydrogens is 234 g/mol. The molecule has 0 radical (unpaired) electrons. The van der Waals surface area contributed by atoms with E-state index in [1.807, 2.05) is 12.1 Å². The standard InChI is InChI=1S/C16H23N3/c1-2-3-11-19(12-10-17)13-15-9-8-14-6-4-5-7-16(14)18-15/h4-9H,2-3,10-13,17H2,1H3. The summed E-state index contributed by atoms with van der Waals surface area (Å²) in [6.07, 6.45) is 2.43. The fourth-order valence-electron chi connectivity index (χ4n) is 2.26. The zero-order valence-corrected chi connectivity index (χ0v) is 11.7. The summed E-state index contributed by atoms with van der Waals surface area (Å²) in [5.74, 6) is 0. The molecule has 2 N–H and O–H groups in total. The van der Waals surface area contributed by atoms with Gasteiger partial charge in [0.05, 0.1) is 11.2 Å². The van der Waals surface area contributed by atoms with Gasteiger partial charge in [-0.2, -0.15) is 0 Å². The summed E-state index contributed by atoms with van der Waals surface area (Å²) in [5, 5.41) is 1.20. The largest absolute Gasteiger partial charge is 0.329 e. The third-order valence-electron chi connectivity index (χ3n) is 3.31. The van der Waals surface area contributed by atoms with Crippen LogP contribution in [0.1, 0.15) is 25.5 Å². The first-order valence-corrected chi connectivity index (χ1v) is 7.10. The Morgan fingerprint density at radius 1 is 1.11 bits per heavy atom. The summed E-state index contributed by atoms with van der Waals surface area (Å²) in [4.78, 5) is 7.11. The third kappa shape index (κ3) is 4.01. The highest BCUT2D eigenvalue weighted by molar-refractivity contribution is 5.78. The van der Waals surface area contributed by atoms with Crippen molar-refractivity contribution in [2.75, 3.05) is 19.6 Å². The van der Waals surface area contributed by atoms with E-state index < -0.39 is 0 Å². The minimum Gasteiger partial charge on any atom is -0.329 e. The van der Waals surface area contributed by atoms with Gasteiger partial charge in [0.1, 0.15) is 0 Å². The second-order valence-electron chi connectivity index (χ2n) is 4.91. The number of pyridine rings is 1. The predicted octanol–water partition coefficient (Wildman–Crippen LogP) is 2.80. The number of nitrogens with two attached hydrogens (primary N) is 1. The van der Waals surface area contributed by atoms with Crippen molar-refractivity contribution in [2.24, 2.45) is 5.73 Å². The Balaban J connectivity index is 2.09. The lowest BCUT2D eigenvalue weighted by Gasteiger charge is -2.20. The van der Waals surface area contributed by atoms with Crippen LogP contribution >= 0.6 is 0 Å². The lowest BCUT2D eigenvalue weighted by atomic mass is 10.2. The highest BCUT2D eigenvalue weighted by Gasteiger charge is 2.06. The van der Waals surface area contributed by atoms with Gasteiger partial charge < -0.3 is 5.73 Å². The Labute approximate surface area is 115 Å². The van der Waals surface area contributed by atoms with Crippen molar-refractivity contribution in [3.8, 4) is 0 Å². The van der Waals surface area contributed by atoms with Crippen LogP contribution in [0.4, 0.5) is 0 Å². The van der Waals surface area contributed by atoms with E-state index in [1.165, 1.54) is 18.2 Å². The van der Waals surface area contributed by atoms with E-state index in [-0.39, 0.29) is 0 Å². The molecule has 0 unspecified atom stereocenters. The summed E-state index contributed by atoms with van der Waals surface area (Å²) in [7, 11) is 0. The van der Waals surface area contributed by atoms with Gasteiger partial charge in [-0.05, 0) is 25.1 Å². The predicted molar refractivity (Wildman–Crippen MR) is 81.0 cm³/mol. The minimum absolute atomic E-state index is 0.706. The molecule has 19 heavy (non-hydrogen) atoms. The molecule has 1 heterocycles. The molecule has 2 rings (SSSR count). The van der Waals surface area contributed by atoms with Crippen LogP contribution in [0.15, 0.2) is 36.4 Å². The van der Waals surface area contributed by atoms with Crippen molar-refractivity contribution in [3.63, 3.8) is 0 Å². The molecule has 0 saturated heterocycles. The van der Waals surface area contributed by atoms with Crippen molar-refractivity contribution in [3.05, 3.63) is 42.1 Å². The molecule has 3 heteroatoms. The smallest absolute Gasteiger partial charge is 0.0705 e. The summed E-state index contributed by atoms with van der Waals surface area (Å²) in [6, 6.07) is 12.5. The molecular formula is C16H23N3. The number of hydrogen-bond donors (Lipinski definition) is 1. The molecule has 0 spiro atoms. The van der Waals surface area contributed by atoms with Crippen LogP contribution in [0.2, 0.25) is 0 Å². The van der Waals surface area contributed by atoms with Crippen LogP contribution in [0.3, 0.4) is 0 Å². The van der Waals surface area contributed by atoms with Crippen LogP contribution in [-0.4, -0.2) is 29.5 Å². The molecule has 0 aliphatic rings. The molecule has 0 aliphatic heterocycles. The number of unbranched alkanes of at least 4 members (excludes halogenated alkanes) is 1. The third-order valence-corrected chi connectivity index (χ3v) is 3.31. The molecule has 2 aromatic rings. The molecule has 102 valence electrons. The normalized spacial score (nSPS) is 11.3. The summed E-state index contributed by atoms with van der Waals surface area (Å²) in [5.41, 5.74) is 7.88. The first-order chi connectivity index (χ1) is 9.33. The lowest BCUT2D eigenvalue weighted by Crippen LogP contribution is -2.30. The highest BCUT2D eigenvalue weighted by atomic mass is 15.1. The van der Waals surface area contributed by atoms with Crippen molar-refractivity contribution in [2.45, 2.75) is 26.3 Å². The molecule has 0 saturated carbocycles. The molecule has 0 bridgehead atoms. The van der Waals surface area contributed by atoms with E-state index in [0.29, 0.717) is 6.54 Å². The van der Waals surface area contributed by atoms with Gasteiger partial charge in [-0.3, -0.25) is 9.88 Å². The Kier molecular flexibility index (Phi) is 5.31. The van der Waals surface area contributed by atoms with Crippen LogP contribution in [-0.2, 0) is 6.54 Å². The SMILES string of the molecule is CCCCN(CCN)Cc1ccc2ccccc2n1. The monoisotopic (exact) mass is 257 g/mol. The summed E-state index contributed by atoms with van der Waals surface area (Å²) >= 11 is 0. The van der Waals surface area contributed by atoms with Crippen LogP contribution in [0, 0.1) is 0 Å². The van der Waals surface area contributed by atoms with Gasteiger partial charge in [-0.25, -0.2) is 0 Å². The Morgan fingerprint density at radius 3 is 2.74 bits per heavy atom.